The highest BCUT2D eigenvalue weighted by Gasteiger charge is 2.18. The molecule has 0 radical (unpaired) electrons. The molecule has 4 N–H and O–H groups in total. The minimum Gasteiger partial charge on any atom is -0.489 e. The predicted octanol–water partition coefficient (Wildman–Crippen LogP) is 7.58. The number of rotatable bonds is 7. The molecule has 9 heteroatoms. The summed E-state index contributed by atoms with van der Waals surface area (Å²) in [5, 5.41) is 8.62. The summed E-state index contributed by atoms with van der Waals surface area (Å²) in [7, 11) is 0. The Kier molecular flexibility index (Phi) is 12.3. The molecule has 0 fully saturated rings. The Balaban J connectivity index is 0.000000355. The summed E-state index contributed by atoms with van der Waals surface area (Å²) in [5.41, 5.74) is 0.810. The van der Waals surface area contributed by atoms with Crippen LogP contribution in [0.3, 0.4) is 0 Å². The van der Waals surface area contributed by atoms with E-state index in [2.05, 4.69) is 0 Å². The van der Waals surface area contributed by atoms with Crippen molar-refractivity contribution in [2.45, 2.75) is 20.6 Å². The number of benzene rings is 4. The first kappa shape index (κ1) is 30.7. The van der Waals surface area contributed by atoms with Crippen molar-refractivity contribution in [3.05, 3.63) is 131 Å². The van der Waals surface area contributed by atoms with Crippen molar-refractivity contribution >= 4 is 5.97 Å². The van der Waals surface area contributed by atoms with E-state index in [9.17, 15) is 22.4 Å². The van der Waals surface area contributed by atoms with Gasteiger partial charge in [-0.25, -0.2) is 22.4 Å². The Bertz CT molecular complexity index is 1230. The van der Waals surface area contributed by atoms with E-state index < -0.39 is 34.8 Å². The lowest BCUT2D eigenvalue weighted by molar-refractivity contribution is 0.0686. The number of hydrogen-bond acceptors (Lipinski definition) is 4. The molecule has 0 bridgehead atoms. The molecule has 0 heterocycles. The lowest BCUT2D eigenvalue weighted by atomic mass is 10.2. The number of ether oxygens (including phenoxy) is 2. The van der Waals surface area contributed by atoms with Crippen molar-refractivity contribution in [3.8, 4) is 11.5 Å². The Hall–Kier alpha value is -4.37. The van der Waals surface area contributed by atoms with Crippen LogP contribution in [0.5, 0.6) is 11.5 Å². The molecule has 37 heavy (non-hydrogen) atoms. The zero-order valence-electron chi connectivity index (χ0n) is 19.0. The van der Waals surface area contributed by atoms with Crippen LogP contribution in [-0.4, -0.2) is 11.1 Å². The van der Waals surface area contributed by atoms with E-state index in [0.717, 1.165) is 41.5 Å². The first-order valence-electron chi connectivity index (χ1n) is 10.3. The van der Waals surface area contributed by atoms with Gasteiger partial charge in [0.2, 0.25) is 0 Å². The van der Waals surface area contributed by atoms with Gasteiger partial charge in [0.05, 0.1) is 0 Å². The van der Waals surface area contributed by atoms with E-state index in [0.29, 0.717) is 6.61 Å². The van der Waals surface area contributed by atoms with E-state index in [1.807, 2.05) is 48.5 Å². The molecule has 0 aromatic heterocycles. The van der Waals surface area contributed by atoms with Gasteiger partial charge in [-0.1, -0.05) is 68.1 Å². The molecule has 0 spiro atoms. The molecule has 0 saturated heterocycles. The molecular weight excluding hydrogens is 490 g/mol. The largest absolute Gasteiger partial charge is 0.489 e. The Morgan fingerprint density at radius 1 is 0.649 bits per heavy atom. The van der Waals surface area contributed by atoms with Gasteiger partial charge < -0.3 is 20.7 Å². The first-order chi connectivity index (χ1) is 16.8. The van der Waals surface area contributed by atoms with Crippen LogP contribution in [0.15, 0.2) is 91.0 Å². The fourth-order valence-corrected chi connectivity index (χ4v) is 2.93. The van der Waals surface area contributed by atoms with Gasteiger partial charge >= 0.3 is 5.97 Å². The van der Waals surface area contributed by atoms with Crippen molar-refractivity contribution in [2.75, 3.05) is 0 Å². The van der Waals surface area contributed by atoms with E-state index in [1.54, 1.807) is 12.1 Å². The highest BCUT2D eigenvalue weighted by atomic mass is 19.1. The summed E-state index contributed by atoms with van der Waals surface area (Å²) in [6.45, 7) is 0.440. The third-order valence-corrected chi connectivity index (χ3v) is 4.56. The summed E-state index contributed by atoms with van der Waals surface area (Å²) in [6.07, 6.45) is 0. The molecule has 0 aliphatic rings. The third kappa shape index (κ3) is 9.65. The average Bonchev–Trinajstić information content (AvgIpc) is 2.82. The number of carboxylic acid groups (broad SMARTS) is 1. The van der Waals surface area contributed by atoms with Gasteiger partial charge in [-0.15, -0.1) is 0 Å². The van der Waals surface area contributed by atoms with Crippen molar-refractivity contribution in [1.82, 2.24) is 6.15 Å². The lowest BCUT2D eigenvalue weighted by Crippen LogP contribution is -2.05. The van der Waals surface area contributed by atoms with Crippen LogP contribution >= 0.6 is 0 Å². The number of carboxylic acids is 1. The molecule has 0 atom stereocenters. The molecular formula is C28H27F4NO4. The van der Waals surface area contributed by atoms with Crippen LogP contribution in [0.4, 0.5) is 17.6 Å². The predicted molar refractivity (Wildman–Crippen MR) is 133 cm³/mol. The van der Waals surface area contributed by atoms with Crippen molar-refractivity contribution in [3.63, 3.8) is 0 Å². The second-order valence-corrected chi connectivity index (χ2v) is 7.22. The molecule has 4 aromatic carbocycles. The van der Waals surface area contributed by atoms with Crippen molar-refractivity contribution < 1.29 is 36.9 Å². The Labute approximate surface area is 212 Å². The molecule has 5 nitrogen and oxygen atoms in total. The van der Waals surface area contributed by atoms with Crippen LogP contribution < -0.4 is 15.6 Å². The van der Waals surface area contributed by atoms with Gasteiger partial charge in [-0.3, -0.25) is 0 Å². The highest BCUT2D eigenvalue weighted by molar-refractivity contribution is 5.88. The summed E-state index contributed by atoms with van der Waals surface area (Å²) in [6, 6.07) is 23.3. The summed E-state index contributed by atoms with van der Waals surface area (Å²) in [4.78, 5) is 10.6. The molecule has 0 amide bonds. The lowest BCUT2D eigenvalue weighted by Gasteiger charge is -2.08. The smallest absolute Gasteiger partial charge is 0.341 e. The SMILES string of the molecule is C.Fc1cc(F)cc(OCc2ccccc2)c1.N.O=C(O)c1c(F)cc(OCc2ccccc2)cc1F. The maximum atomic E-state index is 13.4. The van der Waals surface area contributed by atoms with Crippen molar-refractivity contribution in [1.29, 1.82) is 0 Å². The number of aromatic carboxylic acids is 1. The Morgan fingerprint density at radius 2 is 1.03 bits per heavy atom. The molecule has 196 valence electrons. The standard InChI is InChI=1S/C14H10F2O3.C13H10F2O.CH4.H3N/c15-11-6-10(7-12(16)13(11)14(17)18)19-8-9-4-2-1-3-5-9;14-11-6-12(15)8-13(7-11)16-9-10-4-2-1-3-5-10;;/h1-7H,8H2,(H,17,18);1-8H,9H2;1H4;1H3. The van der Waals surface area contributed by atoms with E-state index in [-0.39, 0.29) is 31.7 Å². The van der Waals surface area contributed by atoms with Crippen LogP contribution in [0.2, 0.25) is 0 Å². The minimum absolute atomic E-state index is 0. The fraction of sp³-hybridized carbons (Fsp3) is 0.107. The quantitative estimate of drug-likeness (QED) is 0.247. The van der Waals surface area contributed by atoms with Crippen LogP contribution in [0.25, 0.3) is 0 Å². The number of carbonyl (C=O) groups is 1. The zero-order valence-corrected chi connectivity index (χ0v) is 19.0. The van der Waals surface area contributed by atoms with Crippen molar-refractivity contribution in [2.24, 2.45) is 0 Å². The van der Waals surface area contributed by atoms with Gasteiger partial charge in [0.1, 0.15) is 53.5 Å². The number of halogens is 4. The summed E-state index contributed by atoms with van der Waals surface area (Å²) < 4.78 is 62.9. The maximum Gasteiger partial charge on any atom is 0.341 e. The third-order valence-electron chi connectivity index (χ3n) is 4.56. The normalized spacial score (nSPS) is 9.62. The zero-order chi connectivity index (χ0) is 25.2. The minimum atomic E-state index is -1.65. The second-order valence-electron chi connectivity index (χ2n) is 7.22. The first-order valence-corrected chi connectivity index (χ1v) is 10.3. The molecule has 0 unspecified atom stereocenters. The van der Waals surface area contributed by atoms with Gasteiger partial charge in [0.15, 0.2) is 0 Å². The summed E-state index contributed by atoms with van der Waals surface area (Å²) in [5.74, 6) is -5.09. The van der Waals surface area contributed by atoms with Crippen LogP contribution in [0, 0.1) is 23.3 Å². The van der Waals surface area contributed by atoms with Gasteiger partial charge in [-0.05, 0) is 11.1 Å². The Morgan fingerprint density at radius 3 is 1.41 bits per heavy atom. The van der Waals surface area contributed by atoms with Crippen LogP contribution in [0.1, 0.15) is 28.9 Å². The summed E-state index contributed by atoms with van der Waals surface area (Å²) >= 11 is 0. The highest BCUT2D eigenvalue weighted by Crippen LogP contribution is 2.22. The molecule has 0 aliphatic heterocycles. The fourth-order valence-electron chi connectivity index (χ4n) is 2.93. The average molecular weight is 518 g/mol. The molecule has 0 aliphatic carbocycles. The second kappa shape index (κ2) is 14.9. The topological polar surface area (TPSA) is 90.8 Å². The van der Waals surface area contributed by atoms with E-state index >= 15 is 0 Å². The maximum absolute atomic E-state index is 13.4. The van der Waals surface area contributed by atoms with Gasteiger partial charge in [0.25, 0.3) is 0 Å². The number of hydrogen-bond donors (Lipinski definition) is 2. The van der Waals surface area contributed by atoms with Crippen LogP contribution in [-0.2, 0) is 13.2 Å². The molecule has 0 saturated carbocycles. The monoisotopic (exact) mass is 517 g/mol. The van der Waals surface area contributed by atoms with E-state index in [1.165, 1.54) is 0 Å². The van der Waals surface area contributed by atoms with Gasteiger partial charge in [-0.2, -0.15) is 0 Å². The van der Waals surface area contributed by atoms with Gasteiger partial charge in [0, 0.05) is 30.3 Å². The molecule has 4 aromatic rings. The molecule has 4 rings (SSSR count). The van der Waals surface area contributed by atoms with E-state index in [4.69, 9.17) is 14.6 Å².